The van der Waals surface area contributed by atoms with Crippen LogP contribution < -0.4 is 10.4 Å². The summed E-state index contributed by atoms with van der Waals surface area (Å²) in [6.07, 6.45) is 3.37. The van der Waals surface area contributed by atoms with Crippen LogP contribution in [0.3, 0.4) is 0 Å². The van der Waals surface area contributed by atoms with Crippen LogP contribution in [0.15, 0.2) is 24.5 Å². The highest BCUT2D eigenvalue weighted by Gasteiger charge is 2.27. The zero-order chi connectivity index (χ0) is 16.7. The second kappa shape index (κ2) is 5.51. The molecule has 2 aromatic heterocycles. The molecule has 2 rings (SSSR count). The number of hydrogen-bond acceptors (Lipinski definition) is 4. The van der Waals surface area contributed by atoms with Crippen molar-refractivity contribution in [1.82, 2.24) is 9.97 Å². The van der Waals surface area contributed by atoms with Gasteiger partial charge in [0.1, 0.15) is 22.9 Å². The topological polar surface area (TPSA) is 66.2 Å². The van der Waals surface area contributed by atoms with Crippen molar-refractivity contribution in [2.45, 2.75) is 39.3 Å². The van der Waals surface area contributed by atoms with Crippen molar-refractivity contribution in [3.63, 3.8) is 0 Å². The van der Waals surface area contributed by atoms with E-state index in [1.165, 1.54) is 0 Å². The van der Waals surface area contributed by atoms with Crippen LogP contribution in [0.2, 0.25) is 39.3 Å². The predicted molar refractivity (Wildman–Crippen MR) is 96.8 cm³/mol. The second-order valence-corrected chi connectivity index (χ2v) is 17.7. The summed E-state index contributed by atoms with van der Waals surface area (Å²) in [4.78, 5) is 8.54. The van der Waals surface area contributed by atoms with Gasteiger partial charge < -0.3 is 10.2 Å². The molecule has 0 radical (unpaired) electrons. The number of aromatic nitrogens is 2. The molecule has 2 aromatic rings. The normalized spacial score (nSPS) is 12.5. The van der Waals surface area contributed by atoms with Gasteiger partial charge in [-0.3, -0.25) is 9.97 Å². The van der Waals surface area contributed by atoms with Gasteiger partial charge in [0.25, 0.3) is 0 Å². The van der Waals surface area contributed by atoms with E-state index in [2.05, 4.69) is 49.3 Å². The summed E-state index contributed by atoms with van der Waals surface area (Å²) in [5, 5.41) is 23.1. The van der Waals surface area contributed by atoms with E-state index >= 15 is 0 Å². The molecule has 0 saturated heterocycles. The maximum atomic E-state index is 10.6. The first-order chi connectivity index (χ1) is 10.0. The molecule has 0 aliphatic rings. The van der Waals surface area contributed by atoms with Gasteiger partial charge in [0.05, 0.1) is 16.1 Å². The lowest BCUT2D eigenvalue weighted by atomic mass is 10.2. The molecule has 0 unspecified atom stereocenters. The second-order valence-electron chi connectivity index (χ2n) is 7.61. The van der Waals surface area contributed by atoms with Crippen molar-refractivity contribution >= 4 is 26.5 Å². The van der Waals surface area contributed by atoms with Crippen molar-refractivity contribution in [1.29, 1.82) is 0 Å². The zero-order valence-corrected chi connectivity index (χ0v) is 16.1. The molecule has 0 saturated carbocycles. The van der Waals surface area contributed by atoms with Gasteiger partial charge in [-0.05, 0) is 22.5 Å². The van der Waals surface area contributed by atoms with Gasteiger partial charge in [0, 0.05) is 12.4 Å². The Morgan fingerprint density at radius 1 is 0.682 bits per heavy atom. The molecule has 6 heteroatoms. The smallest absolute Gasteiger partial charge is 0.142 e. The molecule has 0 aliphatic heterocycles. The number of pyridine rings is 2. The van der Waals surface area contributed by atoms with Crippen molar-refractivity contribution in [2.75, 3.05) is 0 Å². The lowest BCUT2D eigenvalue weighted by Gasteiger charge is -2.21. The quantitative estimate of drug-likeness (QED) is 0.848. The Morgan fingerprint density at radius 3 is 1.27 bits per heavy atom. The van der Waals surface area contributed by atoms with Gasteiger partial charge in [-0.1, -0.05) is 39.3 Å². The van der Waals surface area contributed by atoms with Crippen LogP contribution in [0.1, 0.15) is 0 Å². The molecule has 0 atom stereocenters. The van der Waals surface area contributed by atoms with Crippen molar-refractivity contribution in [3.8, 4) is 22.9 Å². The molecule has 2 heterocycles. The van der Waals surface area contributed by atoms with Crippen LogP contribution in [0.25, 0.3) is 11.4 Å². The number of rotatable bonds is 3. The summed E-state index contributed by atoms with van der Waals surface area (Å²) in [6, 6.07) is 3.73. The predicted octanol–water partition coefficient (Wildman–Crippen LogP) is 2.65. The van der Waals surface area contributed by atoms with Crippen LogP contribution in [-0.2, 0) is 0 Å². The standard InChI is InChI=1S/C16H24N2O2Si2/c1-21(2,3)11-7-9-17-13(15(11)19)14-16(20)12(8-10-18-14)22(4,5)6/h7-10,19-20H,1-6H3. The monoisotopic (exact) mass is 332 g/mol. The third kappa shape index (κ3) is 3.07. The molecule has 0 spiro atoms. The minimum Gasteiger partial charge on any atom is -0.506 e. The fourth-order valence-electron chi connectivity index (χ4n) is 2.46. The molecule has 0 bridgehead atoms. The van der Waals surface area contributed by atoms with E-state index in [0.29, 0.717) is 11.4 Å². The van der Waals surface area contributed by atoms with Crippen molar-refractivity contribution in [2.24, 2.45) is 0 Å². The van der Waals surface area contributed by atoms with Gasteiger partial charge >= 0.3 is 0 Å². The van der Waals surface area contributed by atoms with Crippen LogP contribution in [-0.4, -0.2) is 36.3 Å². The zero-order valence-electron chi connectivity index (χ0n) is 14.1. The van der Waals surface area contributed by atoms with Crippen molar-refractivity contribution < 1.29 is 10.2 Å². The summed E-state index contributed by atoms with van der Waals surface area (Å²) in [5.41, 5.74) is 0.745. The average Bonchev–Trinajstić information content (AvgIpc) is 2.37. The van der Waals surface area contributed by atoms with E-state index in [0.717, 1.165) is 10.4 Å². The highest BCUT2D eigenvalue weighted by atomic mass is 28.3. The fraction of sp³-hybridized carbons (Fsp3) is 0.375. The highest BCUT2D eigenvalue weighted by Crippen LogP contribution is 2.31. The lowest BCUT2D eigenvalue weighted by Crippen LogP contribution is -2.38. The summed E-state index contributed by atoms with van der Waals surface area (Å²) in [6.45, 7) is 13.0. The molecule has 22 heavy (non-hydrogen) atoms. The van der Waals surface area contributed by atoms with Crippen LogP contribution >= 0.6 is 0 Å². The summed E-state index contributed by atoms with van der Waals surface area (Å²) < 4.78 is 0. The fourth-order valence-corrected chi connectivity index (χ4v) is 5.27. The van der Waals surface area contributed by atoms with Gasteiger partial charge in [0.15, 0.2) is 0 Å². The highest BCUT2D eigenvalue weighted by molar-refractivity contribution is 6.90. The molecule has 0 fully saturated rings. The Balaban J connectivity index is 2.69. The third-order valence-electron chi connectivity index (χ3n) is 3.69. The molecule has 0 aromatic carbocycles. The number of aromatic hydroxyl groups is 2. The Bertz CT molecular complexity index is 643. The van der Waals surface area contributed by atoms with Gasteiger partial charge in [-0.15, -0.1) is 0 Å². The Labute approximate surface area is 133 Å². The molecule has 118 valence electrons. The van der Waals surface area contributed by atoms with Crippen LogP contribution in [0.4, 0.5) is 0 Å². The first-order valence-electron chi connectivity index (χ1n) is 7.40. The summed E-state index contributed by atoms with van der Waals surface area (Å²) in [5.74, 6) is 0.300. The van der Waals surface area contributed by atoms with Gasteiger partial charge in [-0.25, -0.2) is 0 Å². The van der Waals surface area contributed by atoms with E-state index in [1.54, 1.807) is 12.4 Å². The molecule has 2 N–H and O–H groups in total. The van der Waals surface area contributed by atoms with E-state index in [-0.39, 0.29) is 11.5 Å². The Morgan fingerprint density at radius 2 is 1.00 bits per heavy atom. The summed E-state index contributed by atoms with van der Waals surface area (Å²) in [7, 11) is -3.40. The summed E-state index contributed by atoms with van der Waals surface area (Å²) >= 11 is 0. The minimum atomic E-state index is -1.70. The maximum Gasteiger partial charge on any atom is 0.142 e. The minimum absolute atomic E-state index is 0.150. The average molecular weight is 333 g/mol. The number of nitrogens with zero attached hydrogens (tertiary/aromatic N) is 2. The van der Waals surface area contributed by atoms with E-state index < -0.39 is 16.1 Å². The van der Waals surface area contributed by atoms with Crippen LogP contribution in [0.5, 0.6) is 11.5 Å². The molecular formula is C16H24N2O2Si2. The lowest BCUT2D eigenvalue weighted by molar-refractivity contribution is 0.469. The van der Waals surface area contributed by atoms with Gasteiger partial charge in [-0.2, -0.15) is 0 Å². The van der Waals surface area contributed by atoms with Gasteiger partial charge in [0.2, 0.25) is 0 Å². The van der Waals surface area contributed by atoms with Crippen molar-refractivity contribution in [3.05, 3.63) is 24.5 Å². The third-order valence-corrected chi connectivity index (χ3v) is 7.73. The maximum absolute atomic E-state index is 10.6. The van der Waals surface area contributed by atoms with Crippen LogP contribution in [0, 0.1) is 0 Å². The molecule has 4 nitrogen and oxygen atoms in total. The largest absolute Gasteiger partial charge is 0.506 e. The molecule has 0 amide bonds. The molecular weight excluding hydrogens is 308 g/mol. The molecule has 0 aliphatic carbocycles. The first kappa shape index (κ1) is 16.7. The Kier molecular flexibility index (Phi) is 4.18. The SMILES string of the molecule is C[Si](C)(C)c1ccnc(-c2nccc([Si](C)(C)C)c2O)c1O. The number of hydrogen-bond donors (Lipinski definition) is 2. The first-order valence-corrected chi connectivity index (χ1v) is 14.4. The van der Waals surface area contributed by atoms with E-state index in [1.807, 2.05) is 12.1 Å². The van der Waals surface area contributed by atoms with E-state index in [9.17, 15) is 10.2 Å². The Hall–Kier alpha value is -1.67. The van der Waals surface area contributed by atoms with E-state index in [4.69, 9.17) is 0 Å².